The molecule has 38 heavy (non-hydrogen) atoms. The summed E-state index contributed by atoms with van der Waals surface area (Å²) in [5.74, 6) is -2.78. The van der Waals surface area contributed by atoms with Crippen molar-refractivity contribution in [3.63, 3.8) is 0 Å². The molecule has 0 radical (unpaired) electrons. The predicted octanol–water partition coefficient (Wildman–Crippen LogP) is 2.99. The van der Waals surface area contributed by atoms with Gasteiger partial charge in [0.15, 0.2) is 22.5 Å². The third-order valence-electron chi connectivity index (χ3n) is 4.99. The second-order valence-corrected chi connectivity index (χ2v) is 12.9. The van der Waals surface area contributed by atoms with Crippen LogP contribution in [0, 0.1) is 0 Å². The number of ether oxygens (including phenoxy) is 2. The number of amides is 3. The molecule has 1 fully saturated rings. The molecule has 1 aliphatic rings. The van der Waals surface area contributed by atoms with E-state index < -0.39 is 74.5 Å². The lowest BCUT2D eigenvalue weighted by Crippen LogP contribution is -2.75. The van der Waals surface area contributed by atoms with Crippen LogP contribution in [0.3, 0.4) is 0 Å². The molecule has 15 heteroatoms. The zero-order chi connectivity index (χ0) is 29.0. The van der Waals surface area contributed by atoms with Crippen molar-refractivity contribution in [3.8, 4) is 0 Å². The number of carbonyl (C=O) groups excluding carboxylic acids is 4. The molecule has 0 spiro atoms. The lowest BCUT2D eigenvalue weighted by molar-refractivity contribution is -0.163. The zero-order valence-corrected chi connectivity index (χ0v) is 24.0. The molecule has 3 amide bonds. The van der Waals surface area contributed by atoms with E-state index in [1.807, 2.05) is 0 Å². The van der Waals surface area contributed by atoms with Gasteiger partial charge in [0.25, 0.3) is 5.91 Å². The standard InChI is InChI=1S/C23H28Cl3N3O8S/c1-12(2)16(20(32)36-11-23(24,25)26)29-18(31)15(19(29)38(34)35)27-17(30)14(13-9-7-6-8-10-13)28-21(33)37-22(3,4)5/h6-10,14-16,19H,1,11H2,2-5H3,(H,27,30)(H,28,33)(H,34,35). The van der Waals surface area contributed by atoms with Gasteiger partial charge in [-0.25, -0.2) is 13.8 Å². The molecule has 0 saturated carbocycles. The van der Waals surface area contributed by atoms with E-state index in [9.17, 15) is 27.9 Å². The van der Waals surface area contributed by atoms with Crippen LogP contribution in [0.2, 0.25) is 0 Å². The van der Waals surface area contributed by atoms with Crippen molar-refractivity contribution >= 4 is 69.8 Å². The van der Waals surface area contributed by atoms with Gasteiger partial charge in [0.05, 0.1) is 0 Å². The number of hydrogen-bond acceptors (Lipinski definition) is 7. The van der Waals surface area contributed by atoms with Crippen molar-refractivity contribution < 1.29 is 37.4 Å². The van der Waals surface area contributed by atoms with Crippen molar-refractivity contribution in [3.05, 3.63) is 48.0 Å². The Morgan fingerprint density at radius 2 is 1.76 bits per heavy atom. The van der Waals surface area contributed by atoms with E-state index in [2.05, 4.69) is 17.2 Å². The van der Waals surface area contributed by atoms with Gasteiger partial charge in [-0.15, -0.1) is 0 Å². The Balaban J connectivity index is 2.28. The Morgan fingerprint density at radius 1 is 1.18 bits per heavy atom. The highest BCUT2D eigenvalue weighted by atomic mass is 35.6. The highest BCUT2D eigenvalue weighted by molar-refractivity contribution is 7.80. The van der Waals surface area contributed by atoms with Crippen molar-refractivity contribution in [2.24, 2.45) is 0 Å². The van der Waals surface area contributed by atoms with Crippen molar-refractivity contribution in [2.45, 2.75) is 60.6 Å². The molecule has 0 aliphatic carbocycles. The van der Waals surface area contributed by atoms with Crippen LogP contribution in [-0.2, 0) is 34.9 Å². The average Bonchev–Trinajstić information content (AvgIpc) is 2.78. The van der Waals surface area contributed by atoms with E-state index in [1.54, 1.807) is 51.1 Å². The van der Waals surface area contributed by atoms with Crippen molar-refractivity contribution in [1.82, 2.24) is 15.5 Å². The van der Waals surface area contributed by atoms with Gasteiger partial charge in [0.2, 0.25) is 9.70 Å². The number of rotatable bonds is 9. The largest absolute Gasteiger partial charge is 0.459 e. The first kappa shape index (κ1) is 31.8. The fourth-order valence-corrected chi connectivity index (χ4v) is 4.50. The number of alkyl halides is 3. The van der Waals surface area contributed by atoms with Gasteiger partial charge in [0.1, 0.15) is 24.3 Å². The first-order chi connectivity index (χ1) is 17.4. The highest BCUT2D eigenvalue weighted by Gasteiger charge is 2.57. The van der Waals surface area contributed by atoms with Gasteiger partial charge in [-0.05, 0) is 38.8 Å². The van der Waals surface area contributed by atoms with Gasteiger partial charge in [-0.2, -0.15) is 0 Å². The van der Waals surface area contributed by atoms with Gasteiger partial charge in [-0.1, -0.05) is 71.7 Å². The summed E-state index contributed by atoms with van der Waals surface area (Å²) in [6.45, 7) is 9.32. The normalized spacial score (nSPS) is 19.9. The van der Waals surface area contributed by atoms with Crippen LogP contribution in [0.5, 0.6) is 0 Å². The fourth-order valence-electron chi connectivity index (χ4n) is 3.50. The maximum Gasteiger partial charge on any atom is 0.408 e. The molecule has 3 N–H and O–H groups in total. The monoisotopic (exact) mass is 611 g/mol. The maximum atomic E-state index is 13.2. The highest BCUT2D eigenvalue weighted by Crippen LogP contribution is 2.31. The van der Waals surface area contributed by atoms with Crippen LogP contribution in [0.25, 0.3) is 0 Å². The first-order valence-electron chi connectivity index (χ1n) is 11.1. The number of nitrogens with zero attached hydrogens (tertiary/aromatic N) is 1. The second kappa shape index (κ2) is 12.6. The Bertz CT molecular complexity index is 1110. The maximum absolute atomic E-state index is 13.2. The molecule has 1 saturated heterocycles. The fraction of sp³-hybridized carbons (Fsp3) is 0.478. The molecule has 2 rings (SSSR count). The molecule has 0 bridgehead atoms. The Hall–Kier alpha value is -2.38. The first-order valence-corrected chi connectivity index (χ1v) is 13.4. The molecule has 5 atom stereocenters. The Morgan fingerprint density at radius 3 is 2.24 bits per heavy atom. The van der Waals surface area contributed by atoms with E-state index in [4.69, 9.17) is 44.3 Å². The molecule has 1 aromatic rings. The summed E-state index contributed by atoms with van der Waals surface area (Å²) in [6, 6.07) is 3.78. The molecule has 5 unspecified atom stereocenters. The number of carbonyl (C=O) groups is 4. The van der Waals surface area contributed by atoms with Crippen LogP contribution < -0.4 is 10.6 Å². The number of hydrogen-bond donors (Lipinski definition) is 3. The summed E-state index contributed by atoms with van der Waals surface area (Å²) in [5, 5.41) is 3.28. The second-order valence-electron chi connectivity index (χ2n) is 9.36. The van der Waals surface area contributed by atoms with E-state index in [0.717, 1.165) is 4.90 Å². The van der Waals surface area contributed by atoms with Crippen molar-refractivity contribution in [1.29, 1.82) is 0 Å². The molecule has 11 nitrogen and oxygen atoms in total. The van der Waals surface area contributed by atoms with Gasteiger partial charge in [0, 0.05) is 0 Å². The Kier molecular flexibility index (Phi) is 10.6. The molecule has 1 heterocycles. The number of benzene rings is 1. The summed E-state index contributed by atoms with van der Waals surface area (Å²) in [6.07, 6.45) is -0.899. The third-order valence-corrected chi connectivity index (χ3v) is 6.23. The lowest BCUT2D eigenvalue weighted by atomic mass is 9.98. The van der Waals surface area contributed by atoms with E-state index in [1.165, 1.54) is 6.92 Å². The number of likely N-dealkylation sites (tertiary alicyclic amines) is 1. The zero-order valence-electron chi connectivity index (χ0n) is 20.9. The van der Waals surface area contributed by atoms with E-state index in [0.29, 0.717) is 5.56 Å². The molecule has 210 valence electrons. The third kappa shape index (κ3) is 8.57. The SMILES string of the molecule is C=C(C)C(C(=O)OCC(Cl)(Cl)Cl)N1C(=O)C(NC(=O)C(NC(=O)OC(C)(C)C)c2ccccc2)C1S(=O)O. The molecule has 1 aliphatic heterocycles. The van der Waals surface area contributed by atoms with Gasteiger partial charge in [-0.3, -0.25) is 9.59 Å². The quantitative estimate of drug-likeness (QED) is 0.127. The summed E-state index contributed by atoms with van der Waals surface area (Å²) in [7, 11) is 0. The minimum Gasteiger partial charge on any atom is -0.459 e. The topological polar surface area (TPSA) is 151 Å². The summed E-state index contributed by atoms with van der Waals surface area (Å²) >= 11 is 14.1. The van der Waals surface area contributed by atoms with Gasteiger partial charge >= 0.3 is 12.1 Å². The van der Waals surface area contributed by atoms with Gasteiger partial charge < -0.3 is 29.6 Å². The minimum atomic E-state index is -2.73. The van der Waals surface area contributed by atoms with E-state index >= 15 is 0 Å². The minimum absolute atomic E-state index is 0.0987. The summed E-state index contributed by atoms with van der Waals surface area (Å²) < 4.78 is 30.4. The lowest BCUT2D eigenvalue weighted by Gasteiger charge is -2.48. The number of alkyl carbamates (subject to hydrolysis) is 1. The summed E-state index contributed by atoms with van der Waals surface area (Å²) in [5.41, 5.74) is -0.397. The van der Waals surface area contributed by atoms with Crippen LogP contribution in [0.1, 0.15) is 39.3 Å². The van der Waals surface area contributed by atoms with Crippen LogP contribution >= 0.6 is 34.8 Å². The number of halogens is 3. The number of β-lactam (4-membered cyclic amide) rings is 1. The van der Waals surface area contributed by atoms with Crippen LogP contribution in [0.4, 0.5) is 4.79 Å². The van der Waals surface area contributed by atoms with Crippen LogP contribution in [-0.4, -0.2) is 71.0 Å². The molecular weight excluding hydrogens is 585 g/mol. The molecule has 1 aromatic carbocycles. The Labute approximate surface area is 237 Å². The number of esters is 1. The van der Waals surface area contributed by atoms with Crippen LogP contribution in [0.15, 0.2) is 42.5 Å². The predicted molar refractivity (Wildman–Crippen MR) is 142 cm³/mol. The summed E-state index contributed by atoms with van der Waals surface area (Å²) in [4.78, 5) is 52.1. The molecular formula is C23H28Cl3N3O8S. The average molecular weight is 613 g/mol. The van der Waals surface area contributed by atoms with Crippen molar-refractivity contribution in [2.75, 3.05) is 6.61 Å². The number of nitrogens with one attached hydrogen (secondary N) is 2. The molecule has 0 aromatic heterocycles. The van der Waals surface area contributed by atoms with E-state index in [-0.39, 0.29) is 5.57 Å². The smallest absolute Gasteiger partial charge is 0.408 e.